The van der Waals surface area contributed by atoms with Crippen LogP contribution in [0.15, 0.2) is 36.4 Å². The summed E-state index contributed by atoms with van der Waals surface area (Å²) >= 11 is 0. The van der Waals surface area contributed by atoms with Gasteiger partial charge in [0.2, 0.25) is 5.91 Å². The molecular formula is C31H42F3N3O5. The lowest BCUT2D eigenvalue weighted by Crippen LogP contribution is -2.41. The number of carbonyl (C=O) groups excluding carboxylic acids is 1. The number of hydrogen-bond donors (Lipinski definition) is 2. The van der Waals surface area contributed by atoms with E-state index in [0.29, 0.717) is 41.3 Å². The first-order chi connectivity index (χ1) is 19.5. The molecule has 1 amide bonds. The number of nitrogens with one attached hydrogen (secondary N) is 1. The largest absolute Gasteiger partial charge is 0.493 e. The van der Waals surface area contributed by atoms with Gasteiger partial charge in [-0.25, -0.2) is 4.98 Å². The molecule has 0 bridgehead atoms. The van der Waals surface area contributed by atoms with Gasteiger partial charge in [-0.05, 0) is 67.5 Å². The molecule has 0 spiro atoms. The highest BCUT2D eigenvalue weighted by Gasteiger charge is 2.38. The van der Waals surface area contributed by atoms with Gasteiger partial charge >= 0.3 is 12.1 Å². The van der Waals surface area contributed by atoms with Gasteiger partial charge in [-0.3, -0.25) is 9.59 Å². The van der Waals surface area contributed by atoms with Crippen LogP contribution in [-0.4, -0.2) is 64.9 Å². The van der Waals surface area contributed by atoms with Crippen LogP contribution in [0.25, 0.3) is 0 Å². The van der Waals surface area contributed by atoms with Crippen molar-refractivity contribution < 1.29 is 37.3 Å². The summed E-state index contributed by atoms with van der Waals surface area (Å²) in [5.41, 5.74) is 1.79. The molecule has 11 heteroatoms. The van der Waals surface area contributed by atoms with Crippen LogP contribution in [0.5, 0.6) is 5.75 Å². The van der Waals surface area contributed by atoms with Crippen molar-refractivity contribution in [3.05, 3.63) is 53.2 Å². The third-order valence-corrected chi connectivity index (χ3v) is 6.82. The highest BCUT2D eigenvalue weighted by atomic mass is 19.4. The molecule has 3 rings (SSSR count). The lowest BCUT2D eigenvalue weighted by atomic mass is 9.94. The smallest absolute Gasteiger partial charge is 0.406 e. The molecule has 8 nitrogen and oxygen atoms in total. The second-order valence-corrected chi connectivity index (χ2v) is 12.6. The molecule has 1 aliphatic heterocycles. The maximum absolute atomic E-state index is 13.2. The molecule has 1 aromatic carbocycles. The lowest BCUT2D eigenvalue weighted by Gasteiger charge is -2.30. The van der Waals surface area contributed by atoms with Crippen LogP contribution >= 0.6 is 0 Å². The molecule has 0 aliphatic carbocycles. The molecule has 1 aromatic heterocycles. The van der Waals surface area contributed by atoms with E-state index in [4.69, 9.17) is 9.47 Å². The van der Waals surface area contributed by atoms with E-state index in [1.54, 1.807) is 18.2 Å². The van der Waals surface area contributed by atoms with E-state index in [-0.39, 0.29) is 30.6 Å². The van der Waals surface area contributed by atoms with E-state index in [1.165, 1.54) is 0 Å². The predicted octanol–water partition coefficient (Wildman–Crippen LogP) is 5.88. The summed E-state index contributed by atoms with van der Waals surface area (Å²) in [6.07, 6.45) is -3.77. The van der Waals surface area contributed by atoms with Crippen LogP contribution in [-0.2, 0) is 33.7 Å². The Bertz CT molecular complexity index is 1230. The lowest BCUT2D eigenvalue weighted by molar-refractivity contribution is -0.165. The molecule has 0 saturated carbocycles. The van der Waals surface area contributed by atoms with E-state index in [1.807, 2.05) is 18.2 Å². The third-order valence-electron chi connectivity index (χ3n) is 6.82. The van der Waals surface area contributed by atoms with E-state index in [2.05, 4.69) is 44.9 Å². The molecule has 0 fully saturated rings. The van der Waals surface area contributed by atoms with Gasteiger partial charge in [-0.2, -0.15) is 13.2 Å². The molecule has 232 valence electrons. The first-order valence-corrected chi connectivity index (χ1v) is 14.2. The monoisotopic (exact) mass is 593 g/mol. The molecular weight excluding hydrogens is 551 g/mol. The summed E-state index contributed by atoms with van der Waals surface area (Å²) in [5.74, 6) is -1.91. The highest BCUT2D eigenvalue weighted by molar-refractivity contribution is 5.84. The number of amides is 1. The average molecular weight is 594 g/mol. The van der Waals surface area contributed by atoms with E-state index >= 15 is 0 Å². The van der Waals surface area contributed by atoms with Crippen LogP contribution in [0.1, 0.15) is 64.3 Å². The summed E-state index contributed by atoms with van der Waals surface area (Å²) < 4.78 is 51.5. The molecule has 2 heterocycles. The normalized spacial score (nSPS) is 16.1. The Balaban J connectivity index is 1.58. The Hall–Kier alpha value is -3.34. The van der Waals surface area contributed by atoms with Crippen molar-refractivity contribution in [1.29, 1.82) is 0 Å². The van der Waals surface area contributed by atoms with Gasteiger partial charge in [0.1, 0.15) is 18.1 Å². The number of rotatable bonds is 13. The van der Waals surface area contributed by atoms with Gasteiger partial charge < -0.3 is 24.8 Å². The minimum Gasteiger partial charge on any atom is -0.493 e. The fourth-order valence-electron chi connectivity index (χ4n) is 4.62. The minimum absolute atomic E-state index is 0.0543. The Morgan fingerprint density at radius 2 is 1.86 bits per heavy atom. The molecule has 1 atom stereocenters. The van der Waals surface area contributed by atoms with Crippen LogP contribution in [0.4, 0.5) is 19.0 Å². The van der Waals surface area contributed by atoms with Gasteiger partial charge in [0.25, 0.3) is 0 Å². The minimum atomic E-state index is -4.60. The van der Waals surface area contributed by atoms with E-state index < -0.39 is 36.9 Å². The standard InChI is InChI=1S/C31H42F3N3O5/c1-29(2,3)20-42-30(4,5)12-13-35-26-8-6-7-24(36-26)11-14-41-25-10-9-21-15-22(17-27(38)39)28(40)37(18-23(21)16-25)19-31(32,33)34/h6-10,16,22H,11-15,17-20H2,1-5H3,(H,35,36)(H,38,39)/t22-/m0/s1. The zero-order valence-electron chi connectivity index (χ0n) is 25.0. The number of halogens is 3. The number of alkyl halides is 3. The maximum Gasteiger partial charge on any atom is 0.406 e. The van der Waals surface area contributed by atoms with Crippen molar-refractivity contribution in [3.63, 3.8) is 0 Å². The number of carboxylic acids is 1. The fraction of sp³-hybridized carbons (Fsp3) is 0.581. The number of pyridine rings is 1. The number of ether oxygens (including phenoxy) is 2. The second kappa shape index (κ2) is 13.8. The van der Waals surface area contributed by atoms with Crippen LogP contribution in [0, 0.1) is 11.3 Å². The molecule has 2 aromatic rings. The van der Waals surface area contributed by atoms with E-state index in [9.17, 15) is 27.9 Å². The molecule has 42 heavy (non-hydrogen) atoms. The number of aliphatic carboxylic acids is 1. The Morgan fingerprint density at radius 3 is 2.52 bits per heavy atom. The number of carboxylic acid groups (broad SMARTS) is 1. The second-order valence-electron chi connectivity index (χ2n) is 12.6. The van der Waals surface area contributed by atoms with Crippen molar-refractivity contribution in [1.82, 2.24) is 9.88 Å². The van der Waals surface area contributed by atoms with Gasteiger partial charge in [-0.1, -0.05) is 32.9 Å². The van der Waals surface area contributed by atoms with Gasteiger partial charge in [0.05, 0.1) is 31.2 Å². The Labute approximate surface area is 245 Å². The van der Waals surface area contributed by atoms with Crippen molar-refractivity contribution in [3.8, 4) is 5.75 Å². The summed E-state index contributed by atoms with van der Waals surface area (Å²) in [7, 11) is 0. The Morgan fingerprint density at radius 1 is 1.12 bits per heavy atom. The summed E-state index contributed by atoms with van der Waals surface area (Å²) in [6, 6.07) is 10.7. The number of anilines is 1. The number of hydrogen-bond acceptors (Lipinski definition) is 6. The highest BCUT2D eigenvalue weighted by Crippen LogP contribution is 2.30. The average Bonchev–Trinajstić information content (AvgIpc) is 2.97. The topological polar surface area (TPSA) is 101 Å². The summed E-state index contributed by atoms with van der Waals surface area (Å²) in [4.78, 5) is 29.3. The predicted molar refractivity (Wildman–Crippen MR) is 153 cm³/mol. The molecule has 1 aliphatic rings. The first kappa shape index (κ1) is 33.2. The quantitative estimate of drug-likeness (QED) is 0.299. The number of carbonyl (C=O) groups is 2. The molecule has 0 radical (unpaired) electrons. The number of fused-ring (bicyclic) bond motifs is 1. The molecule has 0 saturated heterocycles. The van der Waals surface area contributed by atoms with Crippen LogP contribution in [0.2, 0.25) is 0 Å². The zero-order chi connectivity index (χ0) is 31.1. The number of benzene rings is 1. The van der Waals surface area contributed by atoms with Gasteiger partial charge in [0, 0.05) is 25.2 Å². The third kappa shape index (κ3) is 11.2. The number of aromatic nitrogens is 1. The first-order valence-electron chi connectivity index (χ1n) is 14.2. The SMILES string of the molecule is CC(C)(C)COC(C)(C)CCNc1cccc(CCOc2ccc3c(c2)CN(CC(F)(F)F)C(=O)[C@H](CC(=O)O)C3)n1. The zero-order valence-corrected chi connectivity index (χ0v) is 25.0. The maximum atomic E-state index is 13.2. The summed E-state index contributed by atoms with van der Waals surface area (Å²) in [5, 5.41) is 12.5. The molecule has 2 N–H and O–H groups in total. The number of nitrogens with zero attached hydrogens (tertiary/aromatic N) is 2. The summed E-state index contributed by atoms with van der Waals surface area (Å²) in [6.45, 7) is 10.5. The fourth-order valence-corrected chi connectivity index (χ4v) is 4.62. The van der Waals surface area contributed by atoms with Gasteiger partial charge in [-0.15, -0.1) is 0 Å². The van der Waals surface area contributed by atoms with Crippen LogP contribution < -0.4 is 10.1 Å². The van der Waals surface area contributed by atoms with Crippen LogP contribution in [0.3, 0.4) is 0 Å². The molecule has 0 unspecified atom stereocenters. The Kier molecular flexibility index (Phi) is 10.9. The van der Waals surface area contributed by atoms with Crippen molar-refractivity contribution in [2.45, 2.75) is 78.6 Å². The van der Waals surface area contributed by atoms with Gasteiger partial charge in [0.15, 0.2) is 0 Å². The van der Waals surface area contributed by atoms with Crippen molar-refractivity contribution in [2.24, 2.45) is 11.3 Å². The van der Waals surface area contributed by atoms with Crippen molar-refractivity contribution >= 4 is 17.7 Å². The van der Waals surface area contributed by atoms with E-state index in [0.717, 1.165) is 17.9 Å². The van der Waals surface area contributed by atoms with Crippen molar-refractivity contribution in [2.75, 3.05) is 31.6 Å².